The van der Waals surface area contributed by atoms with Crippen molar-refractivity contribution in [2.24, 2.45) is 10.8 Å². The molecule has 0 fully saturated rings. The molecule has 0 spiro atoms. The average Bonchev–Trinajstić information content (AvgIpc) is 2.81. The van der Waals surface area contributed by atoms with Crippen LogP contribution in [0.4, 0.5) is 0 Å². The van der Waals surface area contributed by atoms with Crippen molar-refractivity contribution < 1.29 is 34.8 Å². The lowest BCUT2D eigenvalue weighted by atomic mass is 9.87. The van der Waals surface area contributed by atoms with Crippen molar-refractivity contribution in [1.82, 2.24) is 0 Å². The molecule has 7 nitrogen and oxygen atoms in total. The van der Waals surface area contributed by atoms with Crippen molar-refractivity contribution in [2.45, 2.75) is 155 Å². The molecule has 0 rings (SSSR count). The zero-order valence-corrected chi connectivity index (χ0v) is 24.3. The molecule has 0 aliphatic heterocycles. The highest BCUT2D eigenvalue weighted by molar-refractivity contribution is 5.73. The predicted octanol–water partition coefficient (Wildman–Crippen LogP) is 6.97. The van der Waals surface area contributed by atoms with Gasteiger partial charge in [-0.1, -0.05) is 64.2 Å². The lowest BCUT2D eigenvalue weighted by molar-refractivity contribution is -0.148. The Balaban J connectivity index is 3.42. The summed E-state index contributed by atoms with van der Waals surface area (Å²) in [4.78, 5) is 22.2. The van der Waals surface area contributed by atoms with Crippen LogP contribution >= 0.6 is 0 Å². The Kier molecular flexibility index (Phi) is 20.1. The molecule has 0 heterocycles. The van der Waals surface area contributed by atoms with E-state index in [1.165, 1.54) is 0 Å². The number of unbranched alkanes of at least 4 members (excludes halogenated alkanes) is 8. The molecule has 0 saturated carbocycles. The van der Waals surface area contributed by atoms with Gasteiger partial charge < -0.3 is 25.2 Å². The molecule has 2 atom stereocenters. The number of carboxylic acid groups (broad SMARTS) is 2. The van der Waals surface area contributed by atoms with Gasteiger partial charge in [0.2, 0.25) is 0 Å². The van der Waals surface area contributed by atoms with Crippen LogP contribution in [0.3, 0.4) is 0 Å². The topological polar surface area (TPSA) is 124 Å². The maximum absolute atomic E-state index is 11.1. The van der Waals surface area contributed by atoms with Gasteiger partial charge in [-0.2, -0.15) is 0 Å². The van der Waals surface area contributed by atoms with Gasteiger partial charge in [0.25, 0.3) is 0 Å². The van der Waals surface area contributed by atoms with Crippen LogP contribution in [0.5, 0.6) is 0 Å². The van der Waals surface area contributed by atoms with E-state index >= 15 is 0 Å². The maximum atomic E-state index is 11.1. The second-order valence-electron chi connectivity index (χ2n) is 12.2. The minimum absolute atomic E-state index is 0.257. The van der Waals surface area contributed by atoms with E-state index in [0.29, 0.717) is 12.8 Å². The molecule has 7 heteroatoms. The van der Waals surface area contributed by atoms with E-state index in [4.69, 9.17) is 14.9 Å². The van der Waals surface area contributed by atoms with Gasteiger partial charge in [-0.05, 0) is 79.1 Å². The van der Waals surface area contributed by atoms with Crippen molar-refractivity contribution in [2.75, 3.05) is 13.2 Å². The molecule has 0 aromatic carbocycles. The summed E-state index contributed by atoms with van der Waals surface area (Å²) in [5, 5.41) is 38.5. The van der Waals surface area contributed by atoms with E-state index in [2.05, 4.69) is 0 Å². The summed E-state index contributed by atoms with van der Waals surface area (Å²) in [5.41, 5.74) is -1.32. The van der Waals surface area contributed by atoms with Gasteiger partial charge in [-0.15, -0.1) is 0 Å². The molecular formula is C30H58O7. The number of carbonyl (C=O) groups is 2. The minimum Gasteiger partial charge on any atom is -0.481 e. The number of hydrogen-bond donors (Lipinski definition) is 4. The van der Waals surface area contributed by atoms with Crippen molar-refractivity contribution in [3.63, 3.8) is 0 Å². The predicted molar refractivity (Wildman–Crippen MR) is 149 cm³/mol. The van der Waals surface area contributed by atoms with Gasteiger partial charge in [0.15, 0.2) is 0 Å². The number of carboxylic acids is 2. The molecule has 220 valence electrons. The molecule has 37 heavy (non-hydrogen) atoms. The first-order valence-electron chi connectivity index (χ1n) is 14.8. The fourth-order valence-corrected chi connectivity index (χ4v) is 4.37. The van der Waals surface area contributed by atoms with Gasteiger partial charge >= 0.3 is 11.9 Å². The molecule has 2 unspecified atom stereocenters. The van der Waals surface area contributed by atoms with E-state index in [-0.39, 0.29) is 12.2 Å². The Morgan fingerprint density at radius 1 is 0.541 bits per heavy atom. The SMILES string of the molecule is CC(C)(CCCCCC(O)CCCCCOCCCCCC(O)CCCCCC(C)(C)C(=O)O)C(=O)O. The van der Waals surface area contributed by atoms with E-state index in [1.54, 1.807) is 27.7 Å². The maximum Gasteiger partial charge on any atom is 0.309 e. The Bertz CT molecular complexity index is 538. The standard InChI is InChI=1S/C30H58O7/c1-29(2,27(33)34)21-13-5-9-17-25(31)19-11-7-15-23-37-24-16-8-12-20-26(32)18-10-6-14-22-30(3,4)28(35)36/h25-26,31-32H,5-24H2,1-4H3,(H,33,34)(H,35,36). The van der Waals surface area contributed by atoms with Crippen molar-refractivity contribution >= 4 is 11.9 Å². The smallest absolute Gasteiger partial charge is 0.309 e. The van der Waals surface area contributed by atoms with Crippen LogP contribution in [0.15, 0.2) is 0 Å². The van der Waals surface area contributed by atoms with Crippen LogP contribution < -0.4 is 0 Å². The first-order chi connectivity index (χ1) is 17.4. The fraction of sp³-hybridized carbons (Fsp3) is 0.933. The summed E-state index contributed by atoms with van der Waals surface area (Å²) in [6.07, 6.45) is 15.8. The number of aliphatic carboxylic acids is 2. The fourth-order valence-electron chi connectivity index (χ4n) is 4.37. The van der Waals surface area contributed by atoms with E-state index < -0.39 is 22.8 Å². The highest BCUT2D eigenvalue weighted by Gasteiger charge is 2.26. The molecule has 4 N–H and O–H groups in total. The monoisotopic (exact) mass is 530 g/mol. The quantitative estimate of drug-likeness (QED) is 0.0890. The summed E-state index contributed by atoms with van der Waals surface area (Å²) in [6.45, 7) is 8.58. The highest BCUT2D eigenvalue weighted by atomic mass is 16.5. The Labute approximate surface area is 226 Å². The molecular weight excluding hydrogens is 472 g/mol. The lowest BCUT2D eigenvalue weighted by Crippen LogP contribution is -2.23. The average molecular weight is 531 g/mol. The van der Waals surface area contributed by atoms with E-state index in [1.807, 2.05) is 0 Å². The molecule has 0 saturated heterocycles. The van der Waals surface area contributed by atoms with Crippen LogP contribution in [0, 0.1) is 10.8 Å². The number of aliphatic hydroxyl groups is 2. The van der Waals surface area contributed by atoms with Crippen LogP contribution in [-0.4, -0.2) is 57.8 Å². The van der Waals surface area contributed by atoms with Crippen LogP contribution in [0.2, 0.25) is 0 Å². The second-order valence-corrected chi connectivity index (χ2v) is 12.2. The first kappa shape index (κ1) is 35.8. The normalized spacial score (nSPS) is 14.0. The summed E-state index contributed by atoms with van der Waals surface area (Å²) >= 11 is 0. The zero-order valence-electron chi connectivity index (χ0n) is 24.3. The Morgan fingerprint density at radius 3 is 1.14 bits per heavy atom. The number of rotatable bonds is 26. The first-order valence-corrected chi connectivity index (χ1v) is 14.8. The molecule has 0 aromatic rings. The van der Waals surface area contributed by atoms with Gasteiger partial charge in [0.05, 0.1) is 23.0 Å². The third-order valence-electron chi connectivity index (χ3n) is 7.49. The van der Waals surface area contributed by atoms with Crippen LogP contribution in [-0.2, 0) is 14.3 Å². The molecule has 0 amide bonds. The lowest BCUT2D eigenvalue weighted by Gasteiger charge is -2.18. The highest BCUT2D eigenvalue weighted by Crippen LogP contribution is 2.25. The number of ether oxygens (including phenoxy) is 1. The summed E-state index contributed by atoms with van der Waals surface area (Å²) in [7, 11) is 0. The van der Waals surface area contributed by atoms with E-state index in [0.717, 1.165) is 116 Å². The Morgan fingerprint density at radius 2 is 0.838 bits per heavy atom. The number of aliphatic hydroxyl groups excluding tert-OH is 2. The molecule has 0 aliphatic rings. The van der Waals surface area contributed by atoms with Gasteiger partial charge in [-0.3, -0.25) is 9.59 Å². The third kappa shape index (κ3) is 20.5. The molecule has 0 aliphatic carbocycles. The summed E-state index contributed by atoms with van der Waals surface area (Å²) < 4.78 is 5.71. The largest absolute Gasteiger partial charge is 0.481 e. The zero-order chi connectivity index (χ0) is 28.2. The Hall–Kier alpha value is -1.18. The van der Waals surface area contributed by atoms with E-state index in [9.17, 15) is 19.8 Å². The summed E-state index contributed by atoms with van der Waals surface area (Å²) in [5.74, 6) is -1.49. The third-order valence-corrected chi connectivity index (χ3v) is 7.49. The van der Waals surface area contributed by atoms with Crippen LogP contribution in [0.25, 0.3) is 0 Å². The molecule has 0 radical (unpaired) electrons. The molecule has 0 bridgehead atoms. The number of hydrogen-bond acceptors (Lipinski definition) is 5. The second kappa shape index (κ2) is 20.7. The van der Waals surface area contributed by atoms with Crippen molar-refractivity contribution in [1.29, 1.82) is 0 Å². The van der Waals surface area contributed by atoms with Gasteiger partial charge in [-0.25, -0.2) is 0 Å². The van der Waals surface area contributed by atoms with Crippen molar-refractivity contribution in [3.05, 3.63) is 0 Å². The van der Waals surface area contributed by atoms with Crippen molar-refractivity contribution in [3.8, 4) is 0 Å². The van der Waals surface area contributed by atoms with Crippen LogP contribution in [0.1, 0.15) is 143 Å². The summed E-state index contributed by atoms with van der Waals surface area (Å²) in [6, 6.07) is 0. The van der Waals surface area contributed by atoms with Gasteiger partial charge in [0.1, 0.15) is 0 Å². The molecule has 0 aromatic heterocycles. The van der Waals surface area contributed by atoms with Gasteiger partial charge in [0, 0.05) is 13.2 Å². The minimum atomic E-state index is -0.744.